The first-order chi connectivity index (χ1) is 9.61. The summed E-state index contributed by atoms with van der Waals surface area (Å²) in [7, 11) is 0.911. The minimum absolute atomic E-state index is 0.225. The van der Waals surface area contributed by atoms with Crippen LogP contribution in [0, 0.1) is 0 Å². The molecule has 2 unspecified atom stereocenters. The molecule has 0 saturated carbocycles. The maximum atomic E-state index is 11.1. The highest BCUT2D eigenvalue weighted by atomic mass is 32.2. The molecule has 0 amide bonds. The van der Waals surface area contributed by atoms with E-state index in [0.29, 0.717) is 5.75 Å². The quantitative estimate of drug-likeness (QED) is 0.889. The molecule has 2 rings (SSSR count). The number of hydrogen-bond donors (Lipinski definition) is 1. The first kappa shape index (κ1) is 14.8. The average Bonchev–Trinajstić information content (AvgIpc) is 2.45. The molecular weight excluding hydrogens is 272 g/mol. The number of nitrogens with zero attached hydrogens (tertiary/aromatic N) is 1. The molecule has 2 atom stereocenters. The van der Waals surface area contributed by atoms with Crippen molar-refractivity contribution >= 4 is 27.4 Å². The molecule has 0 spiro atoms. The van der Waals surface area contributed by atoms with E-state index >= 15 is 0 Å². The van der Waals surface area contributed by atoms with Crippen LogP contribution >= 0.6 is 0 Å². The van der Waals surface area contributed by atoms with Crippen molar-refractivity contribution in [3.05, 3.63) is 30.5 Å². The lowest BCUT2D eigenvalue weighted by molar-refractivity contribution is 0.420. The van der Waals surface area contributed by atoms with Crippen molar-refractivity contribution in [2.45, 2.75) is 19.4 Å². The third-order valence-electron chi connectivity index (χ3n) is 3.21. The first-order valence-electron chi connectivity index (χ1n) is 6.60. The summed E-state index contributed by atoms with van der Waals surface area (Å²) < 4.78 is 16.5. The van der Waals surface area contributed by atoms with Gasteiger partial charge in [0.15, 0.2) is 0 Å². The predicted octanol–water partition coefficient (Wildman–Crippen LogP) is 2.81. The van der Waals surface area contributed by atoms with Crippen LogP contribution in [-0.2, 0) is 10.8 Å². The Bertz CT molecular complexity index is 616. The van der Waals surface area contributed by atoms with Gasteiger partial charge < -0.3 is 10.1 Å². The van der Waals surface area contributed by atoms with Crippen LogP contribution < -0.4 is 10.1 Å². The van der Waals surface area contributed by atoms with E-state index in [9.17, 15) is 4.21 Å². The smallest absolute Gasteiger partial charge is 0.134 e. The SMILES string of the molecule is COc1cccc2c(NC(C)CCS(C)=O)nccc12. The maximum absolute atomic E-state index is 11.1. The van der Waals surface area contributed by atoms with Crippen molar-refractivity contribution < 1.29 is 8.95 Å². The number of fused-ring (bicyclic) bond motifs is 1. The molecule has 0 aliphatic heterocycles. The van der Waals surface area contributed by atoms with Gasteiger partial charge >= 0.3 is 0 Å². The zero-order chi connectivity index (χ0) is 14.5. The van der Waals surface area contributed by atoms with Crippen molar-refractivity contribution in [3.8, 4) is 5.75 Å². The second-order valence-corrected chi connectivity index (χ2v) is 6.38. The molecule has 5 heteroatoms. The van der Waals surface area contributed by atoms with E-state index in [1.807, 2.05) is 24.3 Å². The Morgan fingerprint density at radius 3 is 2.85 bits per heavy atom. The molecule has 1 aromatic carbocycles. The molecule has 1 aromatic heterocycles. The molecule has 20 heavy (non-hydrogen) atoms. The minimum Gasteiger partial charge on any atom is -0.496 e. The van der Waals surface area contributed by atoms with Crippen molar-refractivity contribution in [2.75, 3.05) is 24.4 Å². The molecule has 108 valence electrons. The van der Waals surface area contributed by atoms with Gasteiger partial charge in [0.1, 0.15) is 11.6 Å². The maximum Gasteiger partial charge on any atom is 0.134 e. The van der Waals surface area contributed by atoms with E-state index < -0.39 is 10.8 Å². The normalized spacial score (nSPS) is 13.9. The van der Waals surface area contributed by atoms with Gasteiger partial charge in [-0.3, -0.25) is 4.21 Å². The second-order valence-electron chi connectivity index (χ2n) is 4.83. The lowest BCUT2D eigenvalue weighted by Crippen LogP contribution is -2.18. The molecular formula is C15H20N2O2S. The van der Waals surface area contributed by atoms with Crippen molar-refractivity contribution in [3.63, 3.8) is 0 Å². The number of benzene rings is 1. The topological polar surface area (TPSA) is 51.2 Å². The molecule has 0 radical (unpaired) electrons. The van der Waals surface area contributed by atoms with Crippen LogP contribution in [0.5, 0.6) is 5.75 Å². The Morgan fingerprint density at radius 2 is 2.15 bits per heavy atom. The lowest BCUT2D eigenvalue weighted by atomic mass is 10.1. The fourth-order valence-corrected chi connectivity index (χ4v) is 2.81. The van der Waals surface area contributed by atoms with Gasteiger partial charge in [0, 0.05) is 45.8 Å². The summed E-state index contributed by atoms with van der Waals surface area (Å²) >= 11 is 0. The summed E-state index contributed by atoms with van der Waals surface area (Å²) in [4.78, 5) is 4.41. The Morgan fingerprint density at radius 1 is 1.35 bits per heavy atom. The highest BCUT2D eigenvalue weighted by Gasteiger charge is 2.09. The van der Waals surface area contributed by atoms with Gasteiger partial charge in [-0.15, -0.1) is 0 Å². The van der Waals surface area contributed by atoms with Crippen LogP contribution in [0.4, 0.5) is 5.82 Å². The molecule has 1 heterocycles. The minimum atomic E-state index is -0.757. The van der Waals surface area contributed by atoms with Gasteiger partial charge in [0.05, 0.1) is 7.11 Å². The standard InChI is InChI=1S/C15H20N2O2S/c1-11(8-10-20(3)18)17-15-13-5-4-6-14(19-2)12(13)7-9-16-15/h4-7,9,11H,8,10H2,1-3H3,(H,16,17). The summed E-state index contributed by atoms with van der Waals surface area (Å²) in [5, 5.41) is 5.47. The van der Waals surface area contributed by atoms with E-state index in [2.05, 4.69) is 17.2 Å². The zero-order valence-corrected chi connectivity index (χ0v) is 12.9. The van der Waals surface area contributed by atoms with Crippen molar-refractivity contribution in [2.24, 2.45) is 0 Å². The van der Waals surface area contributed by atoms with E-state index in [-0.39, 0.29) is 6.04 Å². The number of ether oxygens (including phenoxy) is 1. The van der Waals surface area contributed by atoms with E-state index in [0.717, 1.165) is 28.8 Å². The van der Waals surface area contributed by atoms with Crippen LogP contribution in [0.25, 0.3) is 10.8 Å². The second kappa shape index (κ2) is 6.70. The molecule has 0 aliphatic rings. The van der Waals surface area contributed by atoms with Crippen LogP contribution in [-0.4, -0.2) is 34.4 Å². The van der Waals surface area contributed by atoms with Gasteiger partial charge in [0.25, 0.3) is 0 Å². The lowest BCUT2D eigenvalue weighted by Gasteiger charge is -2.16. The van der Waals surface area contributed by atoms with Crippen LogP contribution in [0.3, 0.4) is 0 Å². The molecule has 1 N–H and O–H groups in total. The summed E-state index contributed by atoms with van der Waals surface area (Å²) in [5.74, 6) is 2.38. The Hall–Kier alpha value is -1.62. The molecule has 2 aromatic rings. The fourth-order valence-electron chi connectivity index (χ4n) is 2.12. The summed E-state index contributed by atoms with van der Waals surface area (Å²) in [6, 6.07) is 8.10. The molecule has 0 bridgehead atoms. The summed E-state index contributed by atoms with van der Waals surface area (Å²) in [6.45, 7) is 2.08. The Balaban J connectivity index is 2.24. The van der Waals surface area contributed by atoms with Gasteiger partial charge in [-0.25, -0.2) is 4.98 Å². The Kier molecular flexibility index (Phi) is 4.95. The number of pyridine rings is 1. The molecule has 0 saturated heterocycles. The Labute approximate surface area is 122 Å². The summed E-state index contributed by atoms with van der Waals surface area (Å²) in [6.07, 6.45) is 4.36. The van der Waals surface area contributed by atoms with Gasteiger partial charge in [-0.05, 0) is 25.5 Å². The number of nitrogens with one attached hydrogen (secondary N) is 1. The first-order valence-corrected chi connectivity index (χ1v) is 8.33. The zero-order valence-electron chi connectivity index (χ0n) is 12.1. The number of aromatic nitrogens is 1. The highest BCUT2D eigenvalue weighted by molar-refractivity contribution is 7.84. The van der Waals surface area contributed by atoms with Crippen molar-refractivity contribution in [1.82, 2.24) is 4.98 Å². The number of anilines is 1. The van der Waals surface area contributed by atoms with Crippen LogP contribution in [0.15, 0.2) is 30.5 Å². The largest absolute Gasteiger partial charge is 0.496 e. The molecule has 0 aliphatic carbocycles. The number of methoxy groups -OCH3 is 1. The third kappa shape index (κ3) is 3.48. The number of rotatable bonds is 6. The third-order valence-corrected chi connectivity index (χ3v) is 4.02. The van der Waals surface area contributed by atoms with E-state index in [1.54, 1.807) is 19.6 Å². The van der Waals surface area contributed by atoms with Crippen LogP contribution in [0.2, 0.25) is 0 Å². The predicted molar refractivity (Wildman–Crippen MR) is 84.9 cm³/mol. The van der Waals surface area contributed by atoms with Gasteiger partial charge in [-0.2, -0.15) is 0 Å². The molecule has 4 nitrogen and oxygen atoms in total. The monoisotopic (exact) mass is 292 g/mol. The molecule has 0 fully saturated rings. The fraction of sp³-hybridized carbons (Fsp3) is 0.400. The van der Waals surface area contributed by atoms with Crippen LogP contribution in [0.1, 0.15) is 13.3 Å². The van der Waals surface area contributed by atoms with Gasteiger partial charge in [0.2, 0.25) is 0 Å². The van der Waals surface area contributed by atoms with Crippen molar-refractivity contribution in [1.29, 1.82) is 0 Å². The van der Waals surface area contributed by atoms with E-state index in [4.69, 9.17) is 4.74 Å². The van der Waals surface area contributed by atoms with E-state index in [1.165, 1.54) is 0 Å². The number of hydrogen-bond acceptors (Lipinski definition) is 4. The average molecular weight is 292 g/mol. The highest BCUT2D eigenvalue weighted by Crippen LogP contribution is 2.29. The summed E-state index contributed by atoms with van der Waals surface area (Å²) in [5.41, 5.74) is 0. The van der Waals surface area contributed by atoms with Gasteiger partial charge in [-0.1, -0.05) is 12.1 Å².